The molecule has 4 heteroatoms. The Bertz CT molecular complexity index is 361. The maximum atomic E-state index is 12.8. The van der Waals surface area contributed by atoms with Gasteiger partial charge in [-0.1, -0.05) is 6.07 Å². The highest BCUT2D eigenvalue weighted by molar-refractivity contribution is 5.78. The molecule has 1 saturated heterocycles. The number of benzene rings is 1. The molecule has 3 nitrogen and oxygen atoms in total. The van der Waals surface area contributed by atoms with Crippen molar-refractivity contribution >= 4 is 5.97 Å². The second-order valence-electron chi connectivity index (χ2n) is 3.53. The van der Waals surface area contributed by atoms with Gasteiger partial charge in [0.05, 0.1) is 0 Å². The van der Waals surface area contributed by atoms with Crippen LogP contribution in [-0.4, -0.2) is 18.6 Å². The molecule has 0 aliphatic carbocycles. The average Bonchev–Trinajstić information content (AvgIpc) is 2.70. The lowest BCUT2D eigenvalue weighted by Crippen LogP contribution is -2.34. The third-order valence-corrected chi connectivity index (χ3v) is 2.36. The highest BCUT2D eigenvalue weighted by Crippen LogP contribution is 2.14. The summed E-state index contributed by atoms with van der Waals surface area (Å²) in [6.07, 6.45) is 1.76. The highest BCUT2D eigenvalue weighted by Gasteiger charge is 2.23. The minimum Gasteiger partial charge on any atom is -0.425 e. The molecule has 1 aliphatic heterocycles. The van der Waals surface area contributed by atoms with Gasteiger partial charge in [0.25, 0.3) is 0 Å². The second-order valence-corrected chi connectivity index (χ2v) is 3.53. The molecule has 1 fully saturated rings. The van der Waals surface area contributed by atoms with E-state index < -0.39 is 5.82 Å². The van der Waals surface area contributed by atoms with Crippen molar-refractivity contribution in [2.45, 2.75) is 18.9 Å². The fourth-order valence-corrected chi connectivity index (χ4v) is 1.60. The fraction of sp³-hybridized carbons (Fsp3) is 0.364. The summed E-state index contributed by atoms with van der Waals surface area (Å²) >= 11 is 0. The summed E-state index contributed by atoms with van der Waals surface area (Å²) in [5.74, 6) is -0.480. The van der Waals surface area contributed by atoms with E-state index in [4.69, 9.17) is 4.74 Å². The number of ether oxygens (including phenoxy) is 1. The molecule has 1 atom stereocenters. The van der Waals surface area contributed by atoms with Gasteiger partial charge in [-0.25, -0.2) is 9.18 Å². The molecule has 80 valence electrons. The Morgan fingerprint density at radius 2 is 2.40 bits per heavy atom. The number of rotatable bonds is 2. The molecule has 1 unspecified atom stereocenters. The Kier molecular flexibility index (Phi) is 2.97. The first-order valence-corrected chi connectivity index (χ1v) is 4.96. The number of carbonyl (C=O) groups excluding carboxylic acids is 1. The van der Waals surface area contributed by atoms with E-state index in [9.17, 15) is 9.18 Å². The van der Waals surface area contributed by atoms with E-state index in [0.29, 0.717) is 0 Å². The molecule has 0 aromatic heterocycles. The normalized spacial score (nSPS) is 20.2. The van der Waals surface area contributed by atoms with Crippen molar-refractivity contribution in [1.82, 2.24) is 5.32 Å². The van der Waals surface area contributed by atoms with Crippen LogP contribution in [0, 0.1) is 5.82 Å². The lowest BCUT2D eigenvalue weighted by molar-refractivity contribution is -0.136. The summed E-state index contributed by atoms with van der Waals surface area (Å²) in [6.45, 7) is 0.836. The Labute approximate surface area is 87.2 Å². The molecule has 0 saturated carbocycles. The first kappa shape index (κ1) is 10.1. The number of esters is 1. The van der Waals surface area contributed by atoms with Crippen LogP contribution in [-0.2, 0) is 4.79 Å². The van der Waals surface area contributed by atoms with Gasteiger partial charge in [0.1, 0.15) is 17.6 Å². The lowest BCUT2D eigenvalue weighted by atomic mass is 10.2. The van der Waals surface area contributed by atoms with Gasteiger partial charge in [-0.2, -0.15) is 0 Å². The summed E-state index contributed by atoms with van der Waals surface area (Å²) in [5.41, 5.74) is 0. The standard InChI is InChI=1S/C11H12FNO2/c12-8-3-1-4-9(7-8)15-11(14)10-5-2-6-13-10/h1,3-4,7,10,13H,2,5-6H2. The van der Waals surface area contributed by atoms with Crippen molar-refractivity contribution < 1.29 is 13.9 Å². The zero-order chi connectivity index (χ0) is 10.7. The van der Waals surface area contributed by atoms with E-state index >= 15 is 0 Å². The van der Waals surface area contributed by atoms with Gasteiger partial charge in [-0.15, -0.1) is 0 Å². The number of hydrogen-bond donors (Lipinski definition) is 1. The number of hydrogen-bond acceptors (Lipinski definition) is 3. The number of nitrogens with one attached hydrogen (secondary N) is 1. The van der Waals surface area contributed by atoms with Crippen LogP contribution in [0.2, 0.25) is 0 Å². The molecule has 1 N–H and O–H groups in total. The van der Waals surface area contributed by atoms with Gasteiger partial charge in [-0.3, -0.25) is 0 Å². The molecule has 1 heterocycles. The molecule has 15 heavy (non-hydrogen) atoms. The van der Waals surface area contributed by atoms with Crippen LogP contribution in [0.3, 0.4) is 0 Å². The van der Waals surface area contributed by atoms with Gasteiger partial charge in [-0.05, 0) is 31.5 Å². The highest BCUT2D eigenvalue weighted by atomic mass is 19.1. The van der Waals surface area contributed by atoms with Crippen LogP contribution in [0.4, 0.5) is 4.39 Å². The quantitative estimate of drug-likeness (QED) is 0.592. The maximum Gasteiger partial charge on any atom is 0.328 e. The van der Waals surface area contributed by atoms with Crippen molar-refractivity contribution in [3.8, 4) is 5.75 Å². The monoisotopic (exact) mass is 209 g/mol. The van der Waals surface area contributed by atoms with Gasteiger partial charge in [0, 0.05) is 6.07 Å². The Hall–Kier alpha value is -1.42. The first-order valence-electron chi connectivity index (χ1n) is 4.96. The third kappa shape index (κ3) is 2.53. The lowest BCUT2D eigenvalue weighted by Gasteiger charge is -2.09. The number of halogens is 1. The molecule has 1 aromatic rings. The van der Waals surface area contributed by atoms with E-state index in [2.05, 4.69) is 5.32 Å². The molecule has 0 bridgehead atoms. The van der Waals surface area contributed by atoms with Crippen LogP contribution in [0.5, 0.6) is 5.75 Å². The second kappa shape index (κ2) is 4.40. The molecular weight excluding hydrogens is 197 g/mol. The first-order chi connectivity index (χ1) is 7.25. The largest absolute Gasteiger partial charge is 0.425 e. The van der Waals surface area contributed by atoms with Crippen LogP contribution in [0.25, 0.3) is 0 Å². The summed E-state index contributed by atoms with van der Waals surface area (Å²) in [7, 11) is 0. The van der Waals surface area contributed by atoms with E-state index in [-0.39, 0.29) is 17.8 Å². The van der Waals surface area contributed by atoms with E-state index in [0.717, 1.165) is 19.4 Å². The maximum absolute atomic E-state index is 12.8. The Morgan fingerprint density at radius 3 is 3.07 bits per heavy atom. The predicted molar refractivity (Wildman–Crippen MR) is 53.1 cm³/mol. The van der Waals surface area contributed by atoms with Crippen molar-refractivity contribution in [3.05, 3.63) is 30.1 Å². The van der Waals surface area contributed by atoms with E-state index in [1.807, 2.05) is 0 Å². The van der Waals surface area contributed by atoms with Crippen molar-refractivity contribution in [3.63, 3.8) is 0 Å². The summed E-state index contributed by atoms with van der Waals surface area (Å²) in [6, 6.07) is 5.35. The third-order valence-electron chi connectivity index (χ3n) is 2.36. The smallest absolute Gasteiger partial charge is 0.328 e. The SMILES string of the molecule is O=C(Oc1cccc(F)c1)C1CCCN1. The topological polar surface area (TPSA) is 38.3 Å². The van der Waals surface area contributed by atoms with Gasteiger partial charge in [0.15, 0.2) is 0 Å². The van der Waals surface area contributed by atoms with Crippen LogP contribution < -0.4 is 10.1 Å². The minimum atomic E-state index is -0.403. The van der Waals surface area contributed by atoms with Crippen LogP contribution >= 0.6 is 0 Å². The molecule has 1 aromatic carbocycles. The van der Waals surface area contributed by atoms with Crippen LogP contribution in [0.15, 0.2) is 24.3 Å². The van der Waals surface area contributed by atoms with E-state index in [1.165, 1.54) is 18.2 Å². The zero-order valence-electron chi connectivity index (χ0n) is 8.20. The average molecular weight is 209 g/mol. The van der Waals surface area contributed by atoms with Crippen molar-refractivity contribution in [2.24, 2.45) is 0 Å². The Balaban J connectivity index is 1.99. The number of carbonyl (C=O) groups is 1. The summed E-state index contributed by atoms with van der Waals surface area (Å²) in [5, 5.41) is 3.02. The van der Waals surface area contributed by atoms with E-state index in [1.54, 1.807) is 6.07 Å². The summed E-state index contributed by atoms with van der Waals surface area (Å²) in [4.78, 5) is 11.5. The van der Waals surface area contributed by atoms with Gasteiger partial charge >= 0.3 is 5.97 Å². The molecule has 0 spiro atoms. The summed E-state index contributed by atoms with van der Waals surface area (Å²) < 4.78 is 17.8. The molecule has 2 rings (SSSR count). The molecule has 0 amide bonds. The van der Waals surface area contributed by atoms with Gasteiger partial charge < -0.3 is 10.1 Å². The molecular formula is C11H12FNO2. The van der Waals surface area contributed by atoms with Crippen LogP contribution in [0.1, 0.15) is 12.8 Å². The molecule has 1 aliphatic rings. The zero-order valence-corrected chi connectivity index (χ0v) is 8.20. The predicted octanol–water partition coefficient (Wildman–Crippen LogP) is 1.48. The Morgan fingerprint density at radius 1 is 1.53 bits per heavy atom. The van der Waals surface area contributed by atoms with Crippen molar-refractivity contribution in [2.75, 3.05) is 6.54 Å². The van der Waals surface area contributed by atoms with Crippen molar-refractivity contribution in [1.29, 1.82) is 0 Å². The fourth-order valence-electron chi connectivity index (χ4n) is 1.60. The van der Waals surface area contributed by atoms with Gasteiger partial charge in [0.2, 0.25) is 0 Å². The molecule has 0 radical (unpaired) electrons. The minimum absolute atomic E-state index is 0.242.